The second kappa shape index (κ2) is 9.48. The van der Waals surface area contributed by atoms with Crippen molar-refractivity contribution in [2.75, 3.05) is 26.2 Å². The third kappa shape index (κ3) is 4.78. The van der Waals surface area contributed by atoms with E-state index in [0.717, 1.165) is 36.9 Å². The van der Waals surface area contributed by atoms with Gasteiger partial charge in [0, 0.05) is 56.9 Å². The van der Waals surface area contributed by atoms with Crippen LogP contribution in [0.3, 0.4) is 0 Å². The maximum Gasteiger partial charge on any atom is 0.274 e. The molecule has 1 saturated carbocycles. The molecule has 2 aromatic rings. The number of amides is 3. The van der Waals surface area contributed by atoms with Gasteiger partial charge in [-0.3, -0.25) is 19.1 Å². The second-order valence-corrected chi connectivity index (χ2v) is 9.44. The Labute approximate surface area is 199 Å². The fourth-order valence-corrected chi connectivity index (χ4v) is 4.80. The van der Waals surface area contributed by atoms with Gasteiger partial charge in [0.05, 0.1) is 5.92 Å². The minimum atomic E-state index is -0.175. The van der Waals surface area contributed by atoms with Crippen molar-refractivity contribution in [2.24, 2.45) is 13.0 Å². The van der Waals surface area contributed by atoms with Crippen molar-refractivity contribution in [3.05, 3.63) is 47.3 Å². The maximum absolute atomic E-state index is 13.5. The molecule has 1 atom stereocenters. The van der Waals surface area contributed by atoms with E-state index in [0.29, 0.717) is 50.1 Å². The summed E-state index contributed by atoms with van der Waals surface area (Å²) >= 11 is 0. The minimum absolute atomic E-state index is 0.0488. The lowest BCUT2D eigenvalue weighted by molar-refractivity contribution is -0.134. The average Bonchev–Trinajstić information content (AvgIpc) is 3.63. The van der Waals surface area contributed by atoms with Crippen LogP contribution in [0.2, 0.25) is 0 Å². The molecular formula is C25H31N5O4. The molecule has 180 valence electrons. The van der Waals surface area contributed by atoms with Gasteiger partial charge in [-0.05, 0) is 37.8 Å². The quantitative estimate of drug-likeness (QED) is 0.698. The van der Waals surface area contributed by atoms with E-state index in [1.807, 2.05) is 37.4 Å². The van der Waals surface area contributed by atoms with E-state index in [-0.39, 0.29) is 30.2 Å². The summed E-state index contributed by atoms with van der Waals surface area (Å²) < 4.78 is 7.38. The van der Waals surface area contributed by atoms with Gasteiger partial charge < -0.3 is 19.9 Å². The number of nitrogens with one attached hydrogen (secondary N) is 1. The Bertz CT molecular complexity index is 1080. The van der Waals surface area contributed by atoms with Gasteiger partial charge in [0.25, 0.3) is 11.8 Å². The summed E-state index contributed by atoms with van der Waals surface area (Å²) in [6, 6.07) is 9.57. The van der Waals surface area contributed by atoms with Crippen LogP contribution in [0, 0.1) is 5.92 Å². The number of nitrogens with zero attached hydrogens (tertiary/aromatic N) is 4. The molecule has 5 rings (SSSR count). The van der Waals surface area contributed by atoms with Crippen LogP contribution in [0.1, 0.15) is 47.4 Å². The van der Waals surface area contributed by atoms with Gasteiger partial charge >= 0.3 is 0 Å². The average molecular weight is 466 g/mol. The number of piperidine rings is 1. The normalized spacial score (nSPS) is 20.0. The highest BCUT2D eigenvalue weighted by molar-refractivity contribution is 5.95. The molecule has 9 nitrogen and oxygen atoms in total. The summed E-state index contributed by atoms with van der Waals surface area (Å²) in [5.41, 5.74) is 2.18. The molecule has 0 bridgehead atoms. The van der Waals surface area contributed by atoms with E-state index >= 15 is 0 Å². The lowest BCUT2D eigenvalue weighted by atomic mass is 9.96. The number of rotatable bonds is 6. The first-order valence-electron chi connectivity index (χ1n) is 12.1. The molecule has 3 amide bonds. The summed E-state index contributed by atoms with van der Waals surface area (Å²) in [5, 5.41) is 7.60. The zero-order valence-electron chi connectivity index (χ0n) is 19.5. The van der Waals surface area contributed by atoms with Crippen molar-refractivity contribution in [1.29, 1.82) is 0 Å². The van der Waals surface area contributed by atoms with Crippen LogP contribution >= 0.6 is 0 Å². The Kier molecular flexibility index (Phi) is 6.26. The first-order valence-corrected chi connectivity index (χ1v) is 12.1. The van der Waals surface area contributed by atoms with E-state index in [9.17, 15) is 14.4 Å². The van der Waals surface area contributed by atoms with Crippen molar-refractivity contribution < 1.29 is 19.1 Å². The lowest BCUT2D eigenvalue weighted by Gasteiger charge is -2.32. The molecule has 1 N–H and O–H groups in total. The number of hydrogen-bond acceptors (Lipinski definition) is 5. The fraction of sp³-hybridized carbons (Fsp3) is 0.520. The third-order valence-corrected chi connectivity index (χ3v) is 6.91. The van der Waals surface area contributed by atoms with Crippen LogP contribution in [0.25, 0.3) is 0 Å². The first kappa shape index (κ1) is 22.4. The van der Waals surface area contributed by atoms with Crippen LogP contribution in [0.4, 0.5) is 0 Å². The van der Waals surface area contributed by atoms with Crippen molar-refractivity contribution >= 4 is 17.7 Å². The summed E-state index contributed by atoms with van der Waals surface area (Å²) in [7, 11) is 1.84. The molecule has 2 aliphatic heterocycles. The number of hydrogen-bond donors (Lipinski definition) is 1. The minimum Gasteiger partial charge on any atom is -0.484 e. The van der Waals surface area contributed by atoms with Crippen molar-refractivity contribution in [2.45, 2.75) is 44.7 Å². The molecule has 3 heterocycles. The second-order valence-electron chi connectivity index (χ2n) is 9.44. The Hall–Kier alpha value is -3.36. The van der Waals surface area contributed by atoms with E-state index in [4.69, 9.17) is 4.74 Å². The smallest absolute Gasteiger partial charge is 0.274 e. The Morgan fingerprint density at radius 2 is 1.88 bits per heavy atom. The van der Waals surface area contributed by atoms with E-state index in [1.54, 1.807) is 14.5 Å². The zero-order chi connectivity index (χ0) is 23.7. The number of aromatic nitrogens is 2. The molecule has 1 aliphatic carbocycles. The van der Waals surface area contributed by atoms with Gasteiger partial charge in [0.1, 0.15) is 5.75 Å². The summed E-state index contributed by atoms with van der Waals surface area (Å²) in [6.07, 6.45) is 4.33. The molecule has 34 heavy (non-hydrogen) atoms. The molecule has 1 saturated heterocycles. The number of benzene rings is 1. The molecule has 2 fully saturated rings. The molecule has 9 heteroatoms. The SMILES string of the molecule is Cn1nc(C(=O)N2CCCC(C(=O)NC3CC3)C2)c2c1CCN(C(=O)COc1ccccc1)C2. The molecule has 1 unspecified atom stereocenters. The van der Waals surface area contributed by atoms with Crippen molar-refractivity contribution in [3.8, 4) is 5.75 Å². The van der Waals surface area contributed by atoms with Gasteiger partial charge in [-0.1, -0.05) is 18.2 Å². The van der Waals surface area contributed by atoms with Gasteiger partial charge in [0.2, 0.25) is 5.91 Å². The predicted octanol–water partition coefficient (Wildman–Crippen LogP) is 1.51. The topological polar surface area (TPSA) is 96.8 Å². The predicted molar refractivity (Wildman–Crippen MR) is 124 cm³/mol. The maximum atomic E-state index is 13.5. The first-order chi connectivity index (χ1) is 16.5. The van der Waals surface area contributed by atoms with Gasteiger partial charge in [-0.15, -0.1) is 0 Å². The highest BCUT2D eigenvalue weighted by Crippen LogP contribution is 2.26. The molecule has 1 aromatic heterocycles. The van der Waals surface area contributed by atoms with Crippen molar-refractivity contribution in [1.82, 2.24) is 24.9 Å². The van der Waals surface area contributed by atoms with E-state index in [2.05, 4.69) is 10.4 Å². The molecular weight excluding hydrogens is 434 g/mol. The summed E-state index contributed by atoms with van der Waals surface area (Å²) in [4.78, 5) is 42.3. The fourth-order valence-electron chi connectivity index (χ4n) is 4.80. The number of para-hydroxylation sites is 1. The van der Waals surface area contributed by atoms with Crippen LogP contribution in [0.5, 0.6) is 5.75 Å². The zero-order valence-corrected chi connectivity index (χ0v) is 19.5. The number of ether oxygens (including phenoxy) is 1. The molecule has 3 aliphatic rings. The molecule has 0 radical (unpaired) electrons. The number of carbonyl (C=O) groups excluding carboxylic acids is 3. The Morgan fingerprint density at radius 3 is 2.65 bits per heavy atom. The lowest BCUT2D eigenvalue weighted by Crippen LogP contribution is -2.46. The monoisotopic (exact) mass is 465 g/mol. The Morgan fingerprint density at radius 1 is 1.09 bits per heavy atom. The highest BCUT2D eigenvalue weighted by atomic mass is 16.5. The van der Waals surface area contributed by atoms with Crippen LogP contribution < -0.4 is 10.1 Å². The summed E-state index contributed by atoms with van der Waals surface area (Å²) in [6.45, 7) is 1.87. The van der Waals surface area contributed by atoms with E-state index < -0.39 is 0 Å². The number of fused-ring (bicyclic) bond motifs is 1. The van der Waals surface area contributed by atoms with Gasteiger partial charge in [-0.25, -0.2) is 0 Å². The molecule has 0 spiro atoms. The summed E-state index contributed by atoms with van der Waals surface area (Å²) in [5.74, 6) is 0.252. The van der Waals surface area contributed by atoms with Crippen molar-refractivity contribution in [3.63, 3.8) is 0 Å². The number of aryl methyl sites for hydroxylation is 1. The Balaban J connectivity index is 1.25. The third-order valence-electron chi connectivity index (χ3n) is 6.91. The van der Waals surface area contributed by atoms with Crippen LogP contribution in [-0.2, 0) is 29.6 Å². The van der Waals surface area contributed by atoms with Gasteiger partial charge in [-0.2, -0.15) is 5.10 Å². The van der Waals surface area contributed by atoms with Crippen LogP contribution in [-0.4, -0.2) is 69.6 Å². The van der Waals surface area contributed by atoms with E-state index in [1.165, 1.54) is 0 Å². The highest BCUT2D eigenvalue weighted by Gasteiger charge is 2.35. The standard InChI is InChI=1S/C25H31N5O4/c1-28-21-11-13-29(22(31)16-34-19-7-3-2-4-8-19)15-20(21)23(27-28)25(33)30-12-5-6-17(14-30)24(32)26-18-9-10-18/h2-4,7-8,17-18H,5-6,9-16H2,1H3,(H,26,32). The van der Waals surface area contributed by atoms with Crippen LogP contribution in [0.15, 0.2) is 30.3 Å². The number of likely N-dealkylation sites (tertiary alicyclic amines) is 1. The van der Waals surface area contributed by atoms with Gasteiger partial charge in [0.15, 0.2) is 12.3 Å². The number of carbonyl (C=O) groups is 3. The largest absolute Gasteiger partial charge is 0.484 e. The molecule has 1 aromatic carbocycles.